The van der Waals surface area contributed by atoms with Gasteiger partial charge in [0.2, 0.25) is 12.3 Å². The van der Waals surface area contributed by atoms with Gasteiger partial charge in [-0.1, -0.05) is 6.58 Å². The molecule has 0 aromatic carbocycles. The van der Waals surface area contributed by atoms with Gasteiger partial charge in [0.25, 0.3) is 0 Å². The van der Waals surface area contributed by atoms with Gasteiger partial charge in [-0.25, -0.2) is 0 Å². The van der Waals surface area contributed by atoms with Crippen LogP contribution in [0.4, 0.5) is 0 Å². The summed E-state index contributed by atoms with van der Waals surface area (Å²) in [5.74, 6) is -0.611. The highest BCUT2D eigenvalue weighted by molar-refractivity contribution is 5.86. The van der Waals surface area contributed by atoms with E-state index in [1.165, 1.54) is 0 Å². The zero-order chi connectivity index (χ0) is 6.57. The molecule has 0 saturated heterocycles. The highest BCUT2D eigenvalue weighted by atomic mass is 16.5. The number of nitrogens with one attached hydrogen (secondary N) is 1. The minimum Gasteiger partial charge on any atom is -0.351 e. The predicted molar refractivity (Wildman–Crippen MR) is 26.6 cm³/mol. The molecule has 4 nitrogen and oxygen atoms in total. The van der Waals surface area contributed by atoms with Crippen molar-refractivity contribution in [3.63, 3.8) is 0 Å². The summed E-state index contributed by atoms with van der Waals surface area (Å²) >= 11 is 0. The van der Waals surface area contributed by atoms with Crippen LogP contribution >= 0.6 is 0 Å². The Morgan fingerprint density at radius 3 is 2.38 bits per heavy atom. The Morgan fingerprint density at radius 1 is 1.75 bits per heavy atom. The van der Waals surface area contributed by atoms with Crippen molar-refractivity contribution < 1.29 is 15.0 Å². The van der Waals surface area contributed by atoms with E-state index in [0.29, 0.717) is 0 Å². The fourth-order valence-corrected chi connectivity index (χ4v) is 0.186. The van der Waals surface area contributed by atoms with Crippen LogP contribution in [0, 0.1) is 0 Å². The molecule has 1 amide bonds. The average molecular weight is 117 g/mol. The third-order valence-electron chi connectivity index (χ3n) is 0.457. The molecule has 0 fully saturated rings. The van der Waals surface area contributed by atoms with Gasteiger partial charge in [-0.2, -0.15) is 0 Å². The molecule has 0 spiro atoms. The summed E-state index contributed by atoms with van der Waals surface area (Å²) < 4.78 is 0. The second kappa shape index (κ2) is 3.17. The first-order valence-electron chi connectivity index (χ1n) is 1.96. The van der Waals surface area contributed by atoms with Gasteiger partial charge >= 0.3 is 0 Å². The monoisotopic (exact) mass is 117 g/mol. The lowest BCUT2D eigenvalue weighted by molar-refractivity contribution is -0.129. The quantitative estimate of drug-likeness (QED) is 0.306. The molecule has 0 atom stereocenters. The van der Waals surface area contributed by atoms with E-state index >= 15 is 0 Å². The van der Waals surface area contributed by atoms with Crippen LogP contribution < -0.4 is 5.32 Å². The van der Waals surface area contributed by atoms with Gasteiger partial charge in [-0.3, -0.25) is 4.79 Å². The number of hydrogen-bond acceptors (Lipinski definition) is 3. The summed E-state index contributed by atoms with van der Waals surface area (Å²) in [6, 6.07) is 0. The summed E-state index contributed by atoms with van der Waals surface area (Å²) in [5.41, 5.74) is 0. The van der Waals surface area contributed by atoms with Crippen molar-refractivity contribution in [3.05, 3.63) is 12.7 Å². The first kappa shape index (κ1) is 7.13. The van der Waals surface area contributed by atoms with Gasteiger partial charge in [-0.15, -0.1) is 0 Å². The lowest BCUT2D eigenvalue weighted by Crippen LogP contribution is -2.32. The summed E-state index contributed by atoms with van der Waals surface area (Å²) in [5, 5.41) is 17.8. The van der Waals surface area contributed by atoms with E-state index in [0.717, 1.165) is 6.08 Å². The molecule has 0 aliphatic heterocycles. The van der Waals surface area contributed by atoms with Crippen LogP contribution in [0.3, 0.4) is 0 Å². The molecule has 0 heterocycles. The maximum atomic E-state index is 10.1. The van der Waals surface area contributed by atoms with E-state index < -0.39 is 12.3 Å². The van der Waals surface area contributed by atoms with Crippen LogP contribution in [0.15, 0.2) is 12.7 Å². The lowest BCUT2D eigenvalue weighted by Gasteiger charge is -2.00. The minimum atomic E-state index is -1.79. The summed E-state index contributed by atoms with van der Waals surface area (Å²) in [6.45, 7) is 3.08. The van der Waals surface area contributed by atoms with Crippen molar-refractivity contribution in [1.29, 1.82) is 0 Å². The highest BCUT2D eigenvalue weighted by Crippen LogP contribution is 1.67. The molecule has 3 N–H and O–H groups in total. The Labute approximate surface area is 46.4 Å². The molecular weight excluding hydrogens is 110 g/mol. The van der Waals surface area contributed by atoms with Gasteiger partial charge in [0.1, 0.15) is 0 Å². The number of hydrogen-bond donors (Lipinski definition) is 3. The molecule has 0 aliphatic rings. The summed E-state index contributed by atoms with van der Waals surface area (Å²) in [6.07, 6.45) is -0.847. The van der Waals surface area contributed by atoms with Crippen LogP contribution in [0.5, 0.6) is 0 Å². The lowest BCUT2D eigenvalue weighted by atomic mass is 10.6. The maximum Gasteiger partial charge on any atom is 0.247 e. The summed E-state index contributed by atoms with van der Waals surface area (Å²) in [7, 11) is 0. The second-order valence-corrected chi connectivity index (χ2v) is 1.09. The van der Waals surface area contributed by atoms with Crippen LogP contribution in [-0.2, 0) is 4.79 Å². The number of aliphatic hydroxyl groups is 2. The normalized spacial score (nSPS) is 8.88. The zero-order valence-electron chi connectivity index (χ0n) is 4.16. The van der Waals surface area contributed by atoms with Crippen molar-refractivity contribution >= 4 is 5.91 Å². The predicted octanol–water partition coefficient (Wildman–Crippen LogP) is -1.44. The minimum absolute atomic E-state index is 0.611. The molecule has 0 radical (unpaired) electrons. The van der Waals surface area contributed by atoms with Gasteiger partial charge in [0, 0.05) is 0 Å². The number of amides is 1. The number of aliphatic hydroxyl groups excluding tert-OH is 1. The van der Waals surface area contributed by atoms with Crippen molar-refractivity contribution in [2.75, 3.05) is 0 Å². The Balaban J connectivity index is 3.39. The van der Waals surface area contributed by atoms with Crippen LogP contribution in [0.25, 0.3) is 0 Å². The Bertz CT molecular complexity index is 99.5. The fourth-order valence-electron chi connectivity index (χ4n) is 0.186. The summed E-state index contributed by atoms with van der Waals surface area (Å²) in [4.78, 5) is 10.1. The topological polar surface area (TPSA) is 69.6 Å². The largest absolute Gasteiger partial charge is 0.351 e. The molecule has 0 rings (SSSR count). The number of rotatable bonds is 2. The van der Waals surface area contributed by atoms with E-state index in [4.69, 9.17) is 10.2 Å². The first-order valence-corrected chi connectivity index (χ1v) is 1.96. The van der Waals surface area contributed by atoms with E-state index in [1.807, 2.05) is 0 Å². The van der Waals surface area contributed by atoms with E-state index in [1.54, 1.807) is 5.32 Å². The Morgan fingerprint density at radius 2 is 2.25 bits per heavy atom. The first-order chi connectivity index (χ1) is 3.66. The molecule has 0 aliphatic carbocycles. The van der Waals surface area contributed by atoms with Crippen molar-refractivity contribution in [3.8, 4) is 0 Å². The molecule has 46 valence electrons. The van der Waals surface area contributed by atoms with Gasteiger partial charge in [-0.05, 0) is 6.08 Å². The molecule has 0 saturated carbocycles. The smallest absolute Gasteiger partial charge is 0.247 e. The van der Waals surface area contributed by atoms with Crippen LogP contribution in [-0.4, -0.2) is 22.5 Å². The van der Waals surface area contributed by atoms with Crippen LogP contribution in [0.1, 0.15) is 0 Å². The molecule has 4 heteroatoms. The van der Waals surface area contributed by atoms with Crippen molar-refractivity contribution in [1.82, 2.24) is 5.32 Å². The third kappa shape index (κ3) is 3.32. The van der Waals surface area contributed by atoms with E-state index in [2.05, 4.69) is 6.58 Å². The maximum absolute atomic E-state index is 10.1. The van der Waals surface area contributed by atoms with E-state index in [9.17, 15) is 4.79 Å². The standard InChI is InChI=1S/C4H7NO3/c1-2-3(6)5-4(7)8/h2,4,7-8H,1H2,(H,5,6). The van der Waals surface area contributed by atoms with Gasteiger partial charge in [0.15, 0.2) is 0 Å². The van der Waals surface area contributed by atoms with Crippen LogP contribution in [0.2, 0.25) is 0 Å². The molecule has 0 unspecified atom stereocenters. The SMILES string of the molecule is C=CC(=O)NC(O)O. The van der Waals surface area contributed by atoms with Crippen molar-refractivity contribution in [2.24, 2.45) is 0 Å². The van der Waals surface area contributed by atoms with Crippen molar-refractivity contribution in [2.45, 2.75) is 6.41 Å². The Hall–Kier alpha value is -0.870. The zero-order valence-corrected chi connectivity index (χ0v) is 4.16. The molecule has 0 aromatic heterocycles. The van der Waals surface area contributed by atoms with Gasteiger partial charge in [0.05, 0.1) is 0 Å². The molecule has 0 aromatic rings. The van der Waals surface area contributed by atoms with E-state index in [-0.39, 0.29) is 0 Å². The number of carbonyl (C=O) groups is 1. The molecule has 0 bridgehead atoms. The second-order valence-electron chi connectivity index (χ2n) is 1.09. The molecular formula is C4H7NO3. The Kier molecular flexibility index (Phi) is 2.83. The van der Waals surface area contributed by atoms with Gasteiger partial charge < -0.3 is 15.5 Å². The molecule has 8 heavy (non-hydrogen) atoms. The average Bonchev–Trinajstić information content (AvgIpc) is 1.65. The fraction of sp³-hybridized carbons (Fsp3) is 0.250. The number of carbonyl (C=O) groups excluding carboxylic acids is 1. The third-order valence-corrected chi connectivity index (χ3v) is 0.457. The highest BCUT2D eigenvalue weighted by Gasteiger charge is 1.96.